The van der Waals surface area contributed by atoms with Gasteiger partial charge in [0.2, 0.25) is 5.95 Å². The van der Waals surface area contributed by atoms with E-state index in [0.717, 1.165) is 18.9 Å². The number of benzene rings is 1. The highest BCUT2D eigenvalue weighted by molar-refractivity contribution is 5.96. The van der Waals surface area contributed by atoms with Crippen molar-refractivity contribution in [3.63, 3.8) is 0 Å². The molecule has 3 aromatic heterocycles. The van der Waals surface area contributed by atoms with E-state index in [-0.39, 0.29) is 33.9 Å². The number of pyridine rings is 2. The van der Waals surface area contributed by atoms with E-state index in [9.17, 15) is 11.0 Å². The van der Waals surface area contributed by atoms with E-state index in [1.54, 1.807) is 16.9 Å². The molecule has 0 aliphatic heterocycles. The molecule has 1 saturated carbocycles. The number of nitriles is 1. The van der Waals surface area contributed by atoms with Crippen molar-refractivity contribution in [2.75, 3.05) is 17.2 Å². The standard InChI is InChI=1S/C26H26F2N8/c1-26(2,3)14-32-23-16(10-29)12-31-25-19(23)8-17(9-20(25)27)33-24(15-4-7-22(28)30-11-15)21-13-36(35-34-21)18-5-6-18/h4,7-9,11-13,18,24,33H,5-6,14H2,1-3H3,(H,31,32)/i24D. The minimum Gasteiger partial charge on any atom is -0.383 e. The second-order valence-electron chi connectivity index (χ2n) is 10.1. The maximum absolute atomic E-state index is 15.3. The summed E-state index contributed by atoms with van der Waals surface area (Å²) in [4.78, 5) is 7.87. The molecule has 1 unspecified atom stereocenters. The normalized spacial score (nSPS) is 15.7. The highest BCUT2D eigenvalue weighted by Crippen LogP contribution is 2.36. The van der Waals surface area contributed by atoms with Crippen LogP contribution in [-0.2, 0) is 0 Å². The number of halogens is 2. The van der Waals surface area contributed by atoms with Crippen LogP contribution in [0.2, 0.25) is 0 Å². The number of hydrogen-bond donors (Lipinski definition) is 2. The van der Waals surface area contributed by atoms with Gasteiger partial charge in [0.15, 0.2) is 5.82 Å². The summed E-state index contributed by atoms with van der Waals surface area (Å²) in [6, 6.07) is 6.07. The number of nitrogens with zero attached hydrogens (tertiary/aromatic N) is 6. The van der Waals surface area contributed by atoms with Crippen LogP contribution in [0.3, 0.4) is 0 Å². The Morgan fingerprint density at radius 1 is 1.22 bits per heavy atom. The van der Waals surface area contributed by atoms with Crippen LogP contribution in [0, 0.1) is 28.5 Å². The van der Waals surface area contributed by atoms with E-state index in [2.05, 4.69) is 37.0 Å². The van der Waals surface area contributed by atoms with Crippen molar-refractivity contribution in [2.24, 2.45) is 5.41 Å². The van der Waals surface area contributed by atoms with Gasteiger partial charge in [-0.2, -0.15) is 9.65 Å². The van der Waals surface area contributed by atoms with E-state index >= 15 is 4.39 Å². The fourth-order valence-corrected chi connectivity index (χ4v) is 3.82. The lowest BCUT2D eigenvalue weighted by atomic mass is 9.96. The van der Waals surface area contributed by atoms with Gasteiger partial charge < -0.3 is 10.6 Å². The molecule has 1 fully saturated rings. The lowest BCUT2D eigenvalue weighted by Gasteiger charge is -2.22. The van der Waals surface area contributed by atoms with Crippen LogP contribution in [0.1, 0.15) is 63.9 Å². The monoisotopic (exact) mass is 489 g/mol. The summed E-state index contributed by atoms with van der Waals surface area (Å²) in [5.74, 6) is -1.31. The van der Waals surface area contributed by atoms with Gasteiger partial charge in [0.25, 0.3) is 0 Å². The van der Waals surface area contributed by atoms with Crippen LogP contribution in [0.25, 0.3) is 10.9 Å². The molecule has 5 rings (SSSR count). The fraction of sp³-hybridized carbons (Fsp3) is 0.346. The van der Waals surface area contributed by atoms with Gasteiger partial charge in [0.05, 0.1) is 30.9 Å². The smallest absolute Gasteiger partial charge is 0.212 e. The second-order valence-corrected chi connectivity index (χ2v) is 10.1. The maximum Gasteiger partial charge on any atom is 0.212 e. The van der Waals surface area contributed by atoms with Gasteiger partial charge in [-0.05, 0) is 42.0 Å². The van der Waals surface area contributed by atoms with Crippen molar-refractivity contribution in [1.82, 2.24) is 25.0 Å². The Balaban J connectivity index is 1.62. The predicted molar refractivity (Wildman–Crippen MR) is 132 cm³/mol. The topological polar surface area (TPSA) is 104 Å². The van der Waals surface area contributed by atoms with E-state index in [1.807, 2.05) is 20.8 Å². The van der Waals surface area contributed by atoms with E-state index in [1.165, 1.54) is 24.5 Å². The Bertz CT molecular complexity index is 1500. The fourth-order valence-electron chi connectivity index (χ4n) is 3.82. The van der Waals surface area contributed by atoms with Crippen LogP contribution in [-0.4, -0.2) is 31.5 Å². The van der Waals surface area contributed by atoms with Crippen molar-refractivity contribution < 1.29 is 10.2 Å². The molecule has 1 aromatic carbocycles. The molecule has 10 heteroatoms. The average Bonchev–Trinajstić information content (AvgIpc) is 3.58. The van der Waals surface area contributed by atoms with Crippen LogP contribution >= 0.6 is 0 Å². The molecule has 184 valence electrons. The van der Waals surface area contributed by atoms with Crippen LogP contribution in [0.4, 0.5) is 20.2 Å². The number of fused-ring (bicyclic) bond motifs is 1. The van der Waals surface area contributed by atoms with Gasteiger partial charge in [-0.3, -0.25) is 4.98 Å². The van der Waals surface area contributed by atoms with Crippen LogP contribution in [0.15, 0.2) is 42.9 Å². The molecule has 0 saturated heterocycles. The average molecular weight is 490 g/mol. The molecule has 8 nitrogen and oxygen atoms in total. The Morgan fingerprint density at radius 2 is 2.03 bits per heavy atom. The summed E-state index contributed by atoms with van der Waals surface area (Å²) >= 11 is 0. The molecule has 1 aliphatic carbocycles. The van der Waals surface area contributed by atoms with Gasteiger partial charge in [0.1, 0.15) is 17.3 Å². The lowest BCUT2D eigenvalue weighted by molar-refractivity contribution is 0.443. The van der Waals surface area contributed by atoms with Gasteiger partial charge in [-0.25, -0.2) is 14.1 Å². The minimum absolute atomic E-state index is 0.0969. The molecule has 4 aromatic rings. The summed E-state index contributed by atoms with van der Waals surface area (Å²) in [6.45, 7) is 6.67. The van der Waals surface area contributed by atoms with Crippen molar-refractivity contribution in [3.8, 4) is 6.07 Å². The first-order valence-corrected chi connectivity index (χ1v) is 11.7. The second kappa shape index (κ2) is 9.15. The summed E-state index contributed by atoms with van der Waals surface area (Å²) in [6.07, 6.45) is 6.22. The number of rotatable bonds is 7. The molecule has 0 bridgehead atoms. The van der Waals surface area contributed by atoms with Gasteiger partial charge in [-0.1, -0.05) is 32.1 Å². The zero-order chi connectivity index (χ0) is 26.4. The Labute approximate surface area is 208 Å². The molecule has 36 heavy (non-hydrogen) atoms. The molecule has 0 amide bonds. The highest BCUT2D eigenvalue weighted by atomic mass is 19.1. The van der Waals surface area contributed by atoms with Gasteiger partial charge in [0, 0.05) is 30.0 Å². The highest BCUT2D eigenvalue weighted by Gasteiger charge is 2.27. The zero-order valence-electron chi connectivity index (χ0n) is 21.2. The molecular formula is C26H26F2N8. The van der Waals surface area contributed by atoms with Gasteiger partial charge >= 0.3 is 0 Å². The molecule has 1 aliphatic rings. The lowest BCUT2D eigenvalue weighted by Crippen LogP contribution is -2.20. The molecule has 0 spiro atoms. The van der Waals surface area contributed by atoms with E-state index in [4.69, 9.17) is 0 Å². The third-order valence-corrected chi connectivity index (χ3v) is 5.81. The molecule has 3 heterocycles. The Hall–Kier alpha value is -4.13. The number of aromatic nitrogens is 5. The minimum atomic E-state index is -1.76. The largest absolute Gasteiger partial charge is 0.383 e. The van der Waals surface area contributed by atoms with Crippen molar-refractivity contribution >= 4 is 22.3 Å². The van der Waals surface area contributed by atoms with Gasteiger partial charge in [-0.15, -0.1) is 5.10 Å². The first-order chi connectivity index (χ1) is 17.6. The third kappa shape index (κ3) is 4.96. The Kier molecular flexibility index (Phi) is 5.68. The third-order valence-electron chi connectivity index (χ3n) is 5.81. The number of hydrogen-bond acceptors (Lipinski definition) is 7. The van der Waals surface area contributed by atoms with E-state index in [0.29, 0.717) is 23.2 Å². The van der Waals surface area contributed by atoms with Crippen LogP contribution < -0.4 is 10.6 Å². The molecule has 2 N–H and O–H groups in total. The number of anilines is 2. The first kappa shape index (κ1) is 22.3. The van der Waals surface area contributed by atoms with E-state index < -0.39 is 17.8 Å². The van der Waals surface area contributed by atoms with Crippen molar-refractivity contribution in [3.05, 3.63) is 71.4 Å². The maximum atomic E-state index is 15.3. The summed E-state index contributed by atoms with van der Waals surface area (Å²) in [5, 5.41) is 24.8. The number of nitrogens with one attached hydrogen (secondary N) is 2. The van der Waals surface area contributed by atoms with Crippen molar-refractivity contribution in [2.45, 2.75) is 45.7 Å². The first-order valence-electron chi connectivity index (χ1n) is 12.2. The predicted octanol–water partition coefficient (Wildman–Crippen LogP) is 5.37. The van der Waals surface area contributed by atoms with Crippen LogP contribution in [0.5, 0.6) is 0 Å². The molecular weight excluding hydrogens is 462 g/mol. The molecule has 1 atom stereocenters. The summed E-state index contributed by atoms with van der Waals surface area (Å²) in [5.41, 5.74) is 1.54. The molecule has 0 radical (unpaired) electrons. The zero-order valence-corrected chi connectivity index (χ0v) is 20.2. The summed E-state index contributed by atoms with van der Waals surface area (Å²) in [7, 11) is 0. The van der Waals surface area contributed by atoms with Crippen molar-refractivity contribution in [1.29, 1.82) is 5.26 Å². The Morgan fingerprint density at radius 3 is 2.69 bits per heavy atom. The quantitative estimate of drug-likeness (QED) is 0.337. The summed E-state index contributed by atoms with van der Waals surface area (Å²) < 4.78 is 40.0. The SMILES string of the molecule is [2H]C(Nc1cc(F)c2ncc(C#N)c(NCC(C)(C)C)c2c1)(c1ccc(F)nc1)c1cn(C2CC2)nn1.